The second-order valence-corrected chi connectivity index (χ2v) is 9.52. The van der Waals surface area contributed by atoms with E-state index in [1.807, 2.05) is 42.5 Å². The molecule has 0 amide bonds. The van der Waals surface area contributed by atoms with E-state index in [0.717, 1.165) is 27.0 Å². The quantitative estimate of drug-likeness (QED) is 0.287. The first-order chi connectivity index (χ1) is 15.2. The van der Waals surface area contributed by atoms with Crippen LogP contribution in [0.3, 0.4) is 0 Å². The molecule has 0 aliphatic heterocycles. The minimum absolute atomic E-state index is 0.264. The highest BCUT2D eigenvalue weighted by Crippen LogP contribution is 2.38. The maximum atomic E-state index is 13.7. The third kappa shape index (κ3) is 3.87. The molecule has 31 heavy (non-hydrogen) atoms. The lowest BCUT2D eigenvalue weighted by atomic mass is 9.98. The molecule has 0 nitrogen and oxygen atoms in total. The summed E-state index contributed by atoms with van der Waals surface area (Å²) in [6.45, 7) is 0. The molecule has 150 valence electrons. The molecule has 0 heterocycles. The molecule has 5 rings (SSSR count). The fourth-order valence-corrected chi connectivity index (χ4v) is 6.38. The van der Waals surface area contributed by atoms with Gasteiger partial charge in [0, 0.05) is 0 Å². The van der Waals surface area contributed by atoms with Crippen molar-refractivity contribution in [3.8, 4) is 11.1 Å². The van der Waals surface area contributed by atoms with Crippen molar-refractivity contribution >= 4 is 34.6 Å². The second-order valence-electron chi connectivity index (χ2n) is 7.33. The van der Waals surface area contributed by atoms with Crippen LogP contribution in [-0.4, -0.2) is 0 Å². The minimum Gasteiger partial charge on any atom is -0.207 e. The van der Waals surface area contributed by atoms with Crippen LogP contribution in [0.25, 0.3) is 21.9 Å². The van der Waals surface area contributed by atoms with Crippen LogP contribution in [0.5, 0.6) is 0 Å². The summed E-state index contributed by atoms with van der Waals surface area (Å²) in [6, 6.07) is 36.4. The molecule has 0 atom stereocenters. The zero-order chi connectivity index (χ0) is 21.2. The maximum absolute atomic E-state index is 13.7. The molecular formula is C28H19F2P. The Hall–Kier alpha value is -3.35. The molecule has 0 aromatic heterocycles. The molecule has 0 radical (unpaired) electrons. The lowest BCUT2D eigenvalue weighted by Gasteiger charge is -2.23. The van der Waals surface area contributed by atoms with Crippen LogP contribution in [0.1, 0.15) is 0 Å². The van der Waals surface area contributed by atoms with Gasteiger partial charge < -0.3 is 0 Å². The summed E-state index contributed by atoms with van der Waals surface area (Å²) < 4.78 is 27.4. The molecule has 0 spiro atoms. The molecule has 0 saturated heterocycles. The van der Waals surface area contributed by atoms with Crippen LogP contribution in [-0.2, 0) is 0 Å². The van der Waals surface area contributed by atoms with Gasteiger partial charge >= 0.3 is 0 Å². The van der Waals surface area contributed by atoms with Gasteiger partial charge in [0.2, 0.25) is 0 Å². The SMILES string of the molecule is Fc1ccc(P(c2ccc(F)cc2)c2ccccc2-c2cccc3ccccc23)cc1. The first-order valence-electron chi connectivity index (χ1n) is 10.1. The molecule has 0 fully saturated rings. The Kier molecular flexibility index (Phi) is 5.32. The molecule has 0 saturated carbocycles. The highest BCUT2D eigenvalue weighted by molar-refractivity contribution is 7.80. The van der Waals surface area contributed by atoms with E-state index in [1.54, 1.807) is 0 Å². The zero-order valence-electron chi connectivity index (χ0n) is 16.7. The number of hydrogen-bond acceptors (Lipinski definition) is 0. The van der Waals surface area contributed by atoms with Crippen molar-refractivity contribution in [2.75, 3.05) is 0 Å². The fourth-order valence-electron chi connectivity index (χ4n) is 3.96. The Morgan fingerprint density at radius 1 is 0.452 bits per heavy atom. The predicted octanol–water partition coefficient (Wildman–Crippen LogP) is 6.54. The van der Waals surface area contributed by atoms with E-state index >= 15 is 0 Å². The highest BCUT2D eigenvalue weighted by atomic mass is 31.1. The highest BCUT2D eigenvalue weighted by Gasteiger charge is 2.21. The van der Waals surface area contributed by atoms with Crippen LogP contribution >= 0.6 is 7.92 Å². The Balaban J connectivity index is 1.76. The van der Waals surface area contributed by atoms with Gasteiger partial charge in [-0.05, 0) is 70.0 Å². The number of rotatable bonds is 4. The third-order valence-corrected chi connectivity index (χ3v) is 7.90. The van der Waals surface area contributed by atoms with Crippen LogP contribution in [0, 0.1) is 11.6 Å². The van der Waals surface area contributed by atoms with Crippen molar-refractivity contribution in [1.82, 2.24) is 0 Å². The molecular weight excluding hydrogens is 405 g/mol. The zero-order valence-corrected chi connectivity index (χ0v) is 17.6. The van der Waals surface area contributed by atoms with Crippen molar-refractivity contribution < 1.29 is 8.78 Å². The first kappa shape index (κ1) is 19.6. The van der Waals surface area contributed by atoms with E-state index in [2.05, 4.69) is 48.5 Å². The number of benzene rings is 5. The summed E-state index contributed by atoms with van der Waals surface area (Å²) >= 11 is 0. The van der Waals surface area contributed by atoms with Crippen LogP contribution in [0.4, 0.5) is 8.78 Å². The van der Waals surface area contributed by atoms with Gasteiger partial charge in [0.05, 0.1) is 0 Å². The smallest absolute Gasteiger partial charge is 0.123 e. The van der Waals surface area contributed by atoms with Gasteiger partial charge in [0.1, 0.15) is 11.6 Å². The number of hydrogen-bond donors (Lipinski definition) is 0. The summed E-state index contributed by atoms with van der Waals surface area (Å²) in [5.74, 6) is -0.528. The fraction of sp³-hybridized carbons (Fsp3) is 0. The second kappa shape index (κ2) is 8.41. The summed E-state index contributed by atoms with van der Waals surface area (Å²) in [7, 11) is -1.00. The molecule has 0 aliphatic rings. The minimum atomic E-state index is -1.00. The van der Waals surface area contributed by atoms with E-state index < -0.39 is 7.92 Å². The average Bonchev–Trinajstić information content (AvgIpc) is 2.82. The summed E-state index contributed by atoms with van der Waals surface area (Å²) in [4.78, 5) is 0. The maximum Gasteiger partial charge on any atom is 0.123 e. The third-order valence-electron chi connectivity index (χ3n) is 5.39. The molecule has 5 aromatic rings. The van der Waals surface area contributed by atoms with E-state index in [1.165, 1.54) is 35.0 Å². The Labute approximate surface area is 181 Å². The Morgan fingerprint density at radius 3 is 1.65 bits per heavy atom. The van der Waals surface area contributed by atoms with Crippen molar-refractivity contribution in [3.63, 3.8) is 0 Å². The Morgan fingerprint density at radius 2 is 0.968 bits per heavy atom. The van der Waals surface area contributed by atoms with Gasteiger partial charge in [0.15, 0.2) is 0 Å². The van der Waals surface area contributed by atoms with E-state index in [0.29, 0.717) is 0 Å². The van der Waals surface area contributed by atoms with E-state index in [4.69, 9.17) is 0 Å². The van der Waals surface area contributed by atoms with Crippen molar-refractivity contribution in [1.29, 1.82) is 0 Å². The van der Waals surface area contributed by atoms with Crippen molar-refractivity contribution in [3.05, 3.63) is 127 Å². The van der Waals surface area contributed by atoms with E-state index in [-0.39, 0.29) is 11.6 Å². The van der Waals surface area contributed by atoms with Gasteiger partial charge in [0.25, 0.3) is 0 Å². The predicted molar refractivity (Wildman–Crippen MR) is 128 cm³/mol. The number of halogens is 2. The van der Waals surface area contributed by atoms with Gasteiger partial charge in [-0.1, -0.05) is 91.0 Å². The topological polar surface area (TPSA) is 0 Å². The molecule has 3 heteroatoms. The van der Waals surface area contributed by atoms with Gasteiger partial charge in [-0.15, -0.1) is 0 Å². The monoisotopic (exact) mass is 424 g/mol. The largest absolute Gasteiger partial charge is 0.207 e. The summed E-state index contributed by atoms with van der Waals surface area (Å²) in [5.41, 5.74) is 2.30. The van der Waals surface area contributed by atoms with Crippen LogP contribution in [0.2, 0.25) is 0 Å². The molecule has 0 unspecified atom stereocenters. The summed E-state index contributed by atoms with van der Waals surface area (Å²) in [5, 5.41) is 5.58. The normalized spacial score (nSPS) is 11.2. The lowest BCUT2D eigenvalue weighted by Crippen LogP contribution is -2.22. The van der Waals surface area contributed by atoms with Crippen molar-refractivity contribution in [2.24, 2.45) is 0 Å². The number of fused-ring (bicyclic) bond motifs is 1. The molecule has 5 aromatic carbocycles. The Bertz CT molecular complexity index is 1290. The standard InChI is InChI=1S/C28H19F2P/c29-21-12-16-23(17-13-21)31(24-18-14-22(30)15-19-24)28-11-4-3-9-27(28)26-10-5-7-20-6-1-2-8-25(20)26/h1-19H. The van der Waals surface area contributed by atoms with Crippen LogP contribution in [0.15, 0.2) is 115 Å². The van der Waals surface area contributed by atoms with Gasteiger partial charge in [-0.25, -0.2) is 8.78 Å². The van der Waals surface area contributed by atoms with Crippen molar-refractivity contribution in [2.45, 2.75) is 0 Å². The summed E-state index contributed by atoms with van der Waals surface area (Å²) in [6.07, 6.45) is 0. The first-order valence-corrected chi connectivity index (χ1v) is 11.4. The molecule has 0 N–H and O–H groups in total. The van der Waals surface area contributed by atoms with Gasteiger partial charge in [-0.3, -0.25) is 0 Å². The molecule has 0 aliphatic carbocycles. The lowest BCUT2D eigenvalue weighted by molar-refractivity contribution is 0.628. The van der Waals surface area contributed by atoms with E-state index in [9.17, 15) is 8.78 Å². The van der Waals surface area contributed by atoms with Gasteiger partial charge in [-0.2, -0.15) is 0 Å². The molecule has 0 bridgehead atoms. The van der Waals surface area contributed by atoms with Crippen LogP contribution < -0.4 is 15.9 Å². The average molecular weight is 424 g/mol.